The minimum Gasteiger partial charge on any atom is -0.496 e. The Hall–Kier alpha value is -2.49. The Labute approximate surface area is 124 Å². The van der Waals surface area contributed by atoms with Crippen LogP contribution in [0.15, 0.2) is 42.5 Å². The molecule has 0 amide bonds. The highest BCUT2D eigenvalue weighted by Gasteiger charge is 2.11. The topological polar surface area (TPSA) is 53.1 Å². The molecule has 0 saturated carbocycles. The number of ether oxygens (including phenoxy) is 1. The highest BCUT2D eigenvalue weighted by molar-refractivity contribution is 5.81. The van der Waals surface area contributed by atoms with Crippen molar-refractivity contribution in [2.75, 3.05) is 12.8 Å². The molecule has 2 aromatic carbocycles. The van der Waals surface area contributed by atoms with Gasteiger partial charge in [-0.1, -0.05) is 30.3 Å². The number of hydrogen-bond donors (Lipinski definition) is 1. The van der Waals surface area contributed by atoms with Gasteiger partial charge in [0.05, 0.1) is 18.1 Å². The fourth-order valence-corrected chi connectivity index (χ4v) is 2.75. The maximum atomic E-state index is 6.08. The maximum absolute atomic E-state index is 6.08. The summed E-state index contributed by atoms with van der Waals surface area (Å²) >= 11 is 0. The predicted molar refractivity (Wildman–Crippen MR) is 85.6 cm³/mol. The van der Waals surface area contributed by atoms with Crippen molar-refractivity contribution in [2.24, 2.45) is 0 Å². The number of nitrogens with zero attached hydrogens (tertiary/aromatic N) is 2. The van der Waals surface area contributed by atoms with E-state index in [1.54, 1.807) is 7.11 Å². The molecule has 0 radical (unpaired) electrons. The molecule has 1 aromatic heterocycles. The van der Waals surface area contributed by atoms with E-state index >= 15 is 0 Å². The lowest BCUT2D eigenvalue weighted by Gasteiger charge is -2.11. The second-order valence-electron chi connectivity index (χ2n) is 5.13. The number of para-hydroxylation sites is 2. The molecule has 0 aliphatic carbocycles. The largest absolute Gasteiger partial charge is 0.496 e. The van der Waals surface area contributed by atoms with Crippen LogP contribution < -0.4 is 10.5 Å². The summed E-state index contributed by atoms with van der Waals surface area (Å²) in [6, 6.07) is 14.2. The summed E-state index contributed by atoms with van der Waals surface area (Å²) in [5.74, 6) is 1.48. The zero-order valence-electron chi connectivity index (χ0n) is 12.3. The summed E-state index contributed by atoms with van der Waals surface area (Å²) in [7, 11) is 1.70. The number of fused-ring (bicyclic) bond motifs is 1. The molecule has 1 heterocycles. The number of aromatic nitrogens is 2. The lowest BCUT2D eigenvalue weighted by Crippen LogP contribution is -2.07. The Kier molecular flexibility index (Phi) is 3.52. The van der Waals surface area contributed by atoms with Crippen LogP contribution in [0.25, 0.3) is 11.0 Å². The van der Waals surface area contributed by atoms with Crippen molar-refractivity contribution in [3.63, 3.8) is 0 Å². The highest BCUT2D eigenvalue weighted by atomic mass is 16.5. The summed E-state index contributed by atoms with van der Waals surface area (Å²) < 4.78 is 7.48. The zero-order chi connectivity index (χ0) is 14.8. The van der Waals surface area contributed by atoms with Gasteiger partial charge in [-0.05, 0) is 36.6 Å². The molecule has 0 fully saturated rings. The van der Waals surface area contributed by atoms with Gasteiger partial charge in [0.15, 0.2) is 0 Å². The third-order valence-corrected chi connectivity index (χ3v) is 3.80. The first kappa shape index (κ1) is 13.5. The van der Waals surface area contributed by atoms with E-state index in [4.69, 9.17) is 10.5 Å². The van der Waals surface area contributed by atoms with E-state index in [2.05, 4.69) is 28.6 Å². The van der Waals surface area contributed by atoms with Gasteiger partial charge in [-0.25, -0.2) is 4.98 Å². The van der Waals surface area contributed by atoms with Crippen molar-refractivity contribution in [1.82, 2.24) is 9.55 Å². The van der Waals surface area contributed by atoms with E-state index in [1.165, 1.54) is 11.1 Å². The van der Waals surface area contributed by atoms with E-state index in [-0.39, 0.29) is 0 Å². The summed E-state index contributed by atoms with van der Waals surface area (Å²) in [6.07, 6.45) is 0.855. The van der Waals surface area contributed by atoms with Crippen LogP contribution in [0.2, 0.25) is 0 Å². The van der Waals surface area contributed by atoms with Crippen LogP contribution in [0.5, 0.6) is 5.75 Å². The Bertz CT molecular complexity index is 777. The molecule has 0 bridgehead atoms. The van der Waals surface area contributed by atoms with Gasteiger partial charge < -0.3 is 15.0 Å². The van der Waals surface area contributed by atoms with Crippen molar-refractivity contribution >= 4 is 17.0 Å². The van der Waals surface area contributed by atoms with E-state index in [0.29, 0.717) is 5.95 Å². The molecule has 21 heavy (non-hydrogen) atoms. The molecular formula is C17H19N3O. The molecule has 0 aliphatic heterocycles. The Balaban J connectivity index is 1.94. The second kappa shape index (κ2) is 5.48. The van der Waals surface area contributed by atoms with Crippen molar-refractivity contribution in [3.8, 4) is 5.75 Å². The molecule has 2 N–H and O–H groups in total. The van der Waals surface area contributed by atoms with Gasteiger partial charge in [0.1, 0.15) is 5.75 Å². The van der Waals surface area contributed by atoms with Crippen molar-refractivity contribution in [3.05, 3.63) is 53.6 Å². The first-order chi connectivity index (χ1) is 10.2. The minimum absolute atomic E-state index is 0.564. The number of anilines is 1. The summed E-state index contributed by atoms with van der Waals surface area (Å²) in [5, 5.41) is 0. The molecule has 0 saturated heterocycles. The standard InChI is InChI=1S/C17H19N3O/c1-12-6-5-8-14-16(12)20(17(18)19-14)11-10-13-7-3-4-9-15(13)21-2/h3-9H,10-11H2,1-2H3,(H2,18,19). The number of imidazole rings is 1. The number of hydrogen-bond acceptors (Lipinski definition) is 3. The lowest BCUT2D eigenvalue weighted by atomic mass is 10.1. The van der Waals surface area contributed by atoms with E-state index < -0.39 is 0 Å². The Morgan fingerprint density at radius 3 is 2.76 bits per heavy atom. The molecule has 0 spiro atoms. The van der Waals surface area contributed by atoms with E-state index in [0.717, 1.165) is 29.7 Å². The van der Waals surface area contributed by atoms with Gasteiger partial charge in [0.25, 0.3) is 0 Å². The van der Waals surface area contributed by atoms with E-state index in [9.17, 15) is 0 Å². The maximum Gasteiger partial charge on any atom is 0.201 e. The molecule has 3 rings (SSSR count). The molecule has 0 unspecified atom stereocenters. The predicted octanol–water partition coefficient (Wildman–Crippen LogP) is 3.18. The Morgan fingerprint density at radius 1 is 1.14 bits per heavy atom. The van der Waals surface area contributed by atoms with Gasteiger partial charge >= 0.3 is 0 Å². The van der Waals surface area contributed by atoms with Crippen LogP contribution in [0.4, 0.5) is 5.95 Å². The SMILES string of the molecule is COc1ccccc1CCn1c(N)nc2cccc(C)c21. The van der Waals surface area contributed by atoms with Crippen molar-refractivity contribution < 1.29 is 4.74 Å². The average Bonchev–Trinajstić information content (AvgIpc) is 2.82. The fraction of sp³-hybridized carbons (Fsp3) is 0.235. The number of aryl methyl sites for hydroxylation is 3. The first-order valence-electron chi connectivity index (χ1n) is 7.04. The monoisotopic (exact) mass is 281 g/mol. The van der Waals surface area contributed by atoms with E-state index in [1.807, 2.05) is 30.3 Å². The van der Waals surface area contributed by atoms with Gasteiger partial charge in [-0.15, -0.1) is 0 Å². The van der Waals surface area contributed by atoms with Crippen LogP contribution in [-0.2, 0) is 13.0 Å². The summed E-state index contributed by atoms with van der Waals surface area (Å²) in [4.78, 5) is 4.44. The van der Waals surface area contributed by atoms with Crippen LogP contribution in [0, 0.1) is 6.92 Å². The Morgan fingerprint density at radius 2 is 1.95 bits per heavy atom. The molecule has 108 valence electrons. The average molecular weight is 281 g/mol. The third-order valence-electron chi connectivity index (χ3n) is 3.80. The van der Waals surface area contributed by atoms with Crippen LogP contribution in [0.1, 0.15) is 11.1 Å². The molecule has 0 atom stereocenters. The number of benzene rings is 2. The lowest BCUT2D eigenvalue weighted by molar-refractivity contribution is 0.408. The number of nitrogen functional groups attached to an aromatic ring is 1. The highest BCUT2D eigenvalue weighted by Crippen LogP contribution is 2.23. The van der Waals surface area contributed by atoms with Crippen molar-refractivity contribution in [1.29, 1.82) is 0 Å². The molecule has 0 aliphatic rings. The third kappa shape index (κ3) is 2.44. The molecule has 4 nitrogen and oxygen atoms in total. The molecule has 3 aromatic rings. The number of nitrogens with two attached hydrogens (primary N) is 1. The quantitative estimate of drug-likeness (QED) is 0.799. The second-order valence-corrected chi connectivity index (χ2v) is 5.13. The van der Waals surface area contributed by atoms with Gasteiger partial charge in [0.2, 0.25) is 5.95 Å². The van der Waals surface area contributed by atoms with Crippen molar-refractivity contribution in [2.45, 2.75) is 19.9 Å². The van der Waals surface area contributed by atoms with Gasteiger partial charge in [-0.3, -0.25) is 0 Å². The zero-order valence-corrected chi connectivity index (χ0v) is 12.3. The summed E-state index contributed by atoms with van der Waals surface area (Å²) in [5.41, 5.74) is 10.5. The van der Waals surface area contributed by atoms with Crippen LogP contribution >= 0.6 is 0 Å². The van der Waals surface area contributed by atoms with Gasteiger partial charge in [0, 0.05) is 6.54 Å². The van der Waals surface area contributed by atoms with Gasteiger partial charge in [-0.2, -0.15) is 0 Å². The molecular weight excluding hydrogens is 262 g/mol. The number of methoxy groups -OCH3 is 1. The normalized spacial score (nSPS) is 11.0. The smallest absolute Gasteiger partial charge is 0.201 e. The number of rotatable bonds is 4. The van der Waals surface area contributed by atoms with Crippen LogP contribution in [-0.4, -0.2) is 16.7 Å². The first-order valence-corrected chi connectivity index (χ1v) is 7.04. The fourth-order valence-electron chi connectivity index (χ4n) is 2.75. The minimum atomic E-state index is 0.564. The summed E-state index contributed by atoms with van der Waals surface area (Å²) in [6.45, 7) is 2.87. The molecule has 4 heteroatoms. The van der Waals surface area contributed by atoms with Crippen LogP contribution in [0.3, 0.4) is 0 Å².